The Kier molecular flexibility index (Phi) is 3.45. The smallest absolute Gasteiger partial charge is 0.0964 e. The second-order valence-electron chi connectivity index (χ2n) is 4.99. The van der Waals surface area contributed by atoms with E-state index >= 15 is 0 Å². The first-order valence-electron chi connectivity index (χ1n) is 6.44. The summed E-state index contributed by atoms with van der Waals surface area (Å²) in [6.45, 7) is 4.19. The van der Waals surface area contributed by atoms with Crippen molar-refractivity contribution in [3.05, 3.63) is 63.9 Å². The summed E-state index contributed by atoms with van der Waals surface area (Å²) in [5, 5.41) is 1.33. The van der Waals surface area contributed by atoms with Gasteiger partial charge in [0.25, 0.3) is 0 Å². The van der Waals surface area contributed by atoms with E-state index in [0.29, 0.717) is 10.0 Å². The first-order chi connectivity index (χ1) is 9.56. The molecular weight excluding hydrogens is 291 g/mol. The molecule has 0 radical (unpaired) electrons. The van der Waals surface area contributed by atoms with E-state index < -0.39 is 0 Å². The largest absolute Gasteiger partial charge is 0.323 e. The number of halogens is 2. The van der Waals surface area contributed by atoms with Crippen molar-refractivity contribution in [1.29, 1.82) is 0 Å². The van der Waals surface area contributed by atoms with E-state index in [9.17, 15) is 0 Å². The number of rotatable bonds is 2. The maximum absolute atomic E-state index is 6.31. The number of benzene rings is 2. The molecule has 0 bridgehead atoms. The highest BCUT2D eigenvalue weighted by molar-refractivity contribution is 6.35. The van der Waals surface area contributed by atoms with Gasteiger partial charge in [0, 0.05) is 10.0 Å². The molecule has 20 heavy (non-hydrogen) atoms. The van der Waals surface area contributed by atoms with Crippen molar-refractivity contribution in [3.63, 3.8) is 0 Å². The summed E-state index contributed by atoms with van der Waals surface area (Å²) in [4.78, 5) is 4.45. The van der Waals surface area contributed by atoms with E-state index in [1.54, 1.807) is 6.07 Å². The fraction of sp³-hybridized carbons (Fsp3) is 0.188. The SMILES string of the molecule is Cc1ccc2ncn(C(C)c3ccc(Cl)cc3Cl)c2c1. The second-order valence-corrected chi connectivity index (χ2v) is 5.83. The van der Waals surface area contributed by atoms with Gasteiger partial charge in [-0.05, 0) is 49.2 Å². The van der Waals surface area contributed by atoms with Crippen LogP contribution in [0.3, 0.4) is 0 Å². The van der Waals surface area contributed by atoms with E-state index in [0.717, 1.165) is 16.6 Å². The minimum Gasteiger partial charge on any atom is -0.323 e. The zero-order chi connectivity index (χ0) is 14.3. The molecule has 3 rings (SSSR count). The van der Waals surface area contributed by atoms with Crippen molar-refractivity contribution in [2.45, 2.75) is 19.9 Å². The van der Waals surface area contributed by atoms with Crippen LogP contribution in [-0.4, -0.2) is 9.55 Å². The highest BCUT2D eigenvalue weighted by Gasteiger charge is 2.14. The maximum Gasteiger partial charge on any atom is 0.0964 e. The van der Waals surface area contributed by atoms with Gasteiger partial charge in [0.15, 0.2) is 0 Å². The van der Waals surface area contributed by atoms with Gasteiger partial charge < -0.3 is 4.57 Å². The molecule has 102 valence electrons. The number of aryl methyl sites for hydroxylation is 1. The van der Waals surface area contributed by atoms with Crippen LogP contribution in [0.1, 0.15) is 24.1 Å². The quantitative estimate of drug-likeness (QED) is 0.631. The predicted octanol–water partition coefficient (Wildman–Crippen LogP) is 5.26. The number of imidazole rings is 1. The van der Waals surface area contributed by atoms with Crippen LogP contribution < -0.4 is 0 Å². The summed E-state index contributed by atoms with van der Waals surface area (Å²) < 4.78 is 2.14. The Bertz CT molecular complexity index is 777. The molecule has 0 saturated carbocycles. The van der Waals surface area contributed by atoms with Crippen molar-refractivity contribution >= 4 is 34.2 Å². The molecule has 2 aromatic carbocycles. The Morgan fingerprint density at radius 3 is 2.65 bits per heavy atom. The van der Waals surface area contributed by atoms with Crippen molar-refractivity contribution < 1.29 is 0 Å². The minimum absolute atomic E-state index is 0.103. The van der Waals surface area contributed by atoms with E-state index in [4.69, 9.17) is 23.2 Å². The summed E-state index contributed by atoms with van der Waals surface area (Å²) in [6.07, 6.45) is 1.86. The molecule has 0 aliphatic rings. The lowest BCUT2D eigenvalue weighted by Gasteiger charge is -2.16. The van der Waals surface area contributed by atoms with Crippen LogP contribution in [0, 0.1) is 6.92 Å². The lowest BCUT2D eigenvalue weighted by atomic mass is 10.1. The van der Waals surface area contributed by atoms with Crippen LogP contribution in [0.4, 0.5) is 0 Å². The lowest BCUT2D eigenvalue weighted by molar-refractivity contribution is 0.658. The Labute approximate surface area is 128 Å². The fourth-order valence-corrected chi connectivity index (χ4v) is 3.00. The third-order valence-corrected chi connectivity index (χ3v) is 4.12. The Morgan fingerprint density at radius 1 is 1.10 bits per heavy atom. The summed E-state index contributed by atoms with van der Waals surface area (Å²) in [5.74, 6) is 0. The standard InChI is InChI=1S/C16H14Cl2N2/c1-10-3-6-15-16(7-10)20(9-19-15)11(2)13-5-4-12(17)8-14(13)18/h3-9,11H,1-2H3. The zero-order valence-corrected chi connectivity index (χ0v) is 12.8. The highest BCUT2D eigenvalue weighted by Crippen LogP contribution is 2.30. The fourth-order valence-electron chi connectivity index (χ4n) is 2.43. The number of fused-ring (bicyclic) bond motifs is 1. The molecule has 2 nitrogen and oxygen atoms in total. The molecule has 0 fully saturated rings. The molecule has 1 aromatic heterocycles. The molecule has 3 aromatic rings. The second kappa shape index (κ2) is 5.12. The summed E-state index contributed by atoms with van der Waals surface area (Å²) in [7, 11) is 0. The van der Waals surface area contributed by atoms with E-state index in [2.05, 4.69) is 35.5 Å². The molecule has 0 saturated heterocycles. The molecule has 1 heterocycles. The molecule has 0 N–H and O–H groups in total. The molecular formula is C16H14Cl2N2. The summed E-state index contributed by atoms with van der Waals surface area (Å²) in [5.41, 5.74) is 4.36. The van der Waals surface area contributed by atoms with Crippen LogP contribution >= 0.6 is 23.2 Å². The van der Waals surface area contributed by atoms with Gasteiger partial charge in [-0.1, -0.05) is 35.3 Å². The van der Waals surface area contributed by atoms with Gasteiger partial charge in [-0.2, -0.15) is 0 Å². The zero-order valence-electron chi connectivity index (χ0n) is 11.3. The Morgan fingerprint density at radius 2 is 1.90 bits per heavy atom. The topological polar surface area (TPSA) is 17.8 Å². The number of aromatic nitrogens is 2. The van der Waals surface area contributed by atoms with Crippen molar-refractivity contribution in [2.24, 2.45) is 0 Å². The van der Waals surface area contributed by atoms with Crippen LogP contribution in [0.2, 0.25) is 10.0 Å². The predicted molar refractivity (Wildman–Crippen MR) is 84.7 cm³/mol. The van der Waals surface area contributed by atoms with Crippen molar-refractivity contribution in [2.75, 3.05) is 0 Å². The maximum atomic E-state index is 6.31. The van der Waals surface area contributed by atoms with Gasteiger partial charge in [0.2, 0.25) is 0 Å². The van der Waals surface area contributed by atoms with Gasteiger partial charge in [-0.15, -0.1) is 0 Å². The normalized spacial score (nSPS) is 12.8. The van der Waals surface area contributed by atoms with Crippen LogP contribution in [-0.2, 0) is 0 Å². The van der Waals surface area contributed by atoms with Gasteiger partial charge >= 0.3 is 0 Å². The monoisotopic (exact) mass is 304 g/mol. The van der Waals surface area contributed by atoms with Gasteiger partial charge in [-0.3, -0.25) is 0 Å². The van der Waals surface area contributed by atoms with Crippen molar-refractivity contribution in [3.8, 4) is 0 Å². The molecule has 4 heteroatoms. The molecule has 1 unspecified atom stereocenters. The summed E-state index contributed by atoms with van der Waals surface area (Å²) in [6, 6.07) is 12.0. The van der Waals surface area contributed by atoms with Crippen LogP contribution in [0.5, 0.6) is 0 Å². The molecule has 0 aliphatic carbocycles. The highest BCUT2D eigenvalue weighted by atomic mass is 35.5. The number of nitrogens with zero attached hydrogens (tertiary/aromatic N) is 2. The molecule has 1 atom stereocenters. The third kappa shape index (κ3) is 2.30. The lowest BCUT2D eigenvalue weighted by Crippen LogP contribution is -2.06. The van der Waals surface area contributed by atoms with E-state index in [1.165, 1.54) is 5.56 Å². The van der Waals surface area contributed by atoms with Crippen molar-refractivity contribution in [1.82, 2.24) is 9.55 Å². The number of hydrogen-bond acceptors (Lipinski definition) is 1. The van der Waals surface area contributed by atoms with E-state index in [-0.39, 0.29) is 6.04 Å². The summed E-state index contributed by atoms with van der Waals surface area (Å²) >= 11 is 12.3. The number of hydrogen-bond donors (Lipinski definition) is 0. The van der Waals surface area contributed by atoms with Gasteiger partial charge in [-0.25, -0.2) is 4.98 Å². The molecule has 0 aliphatic heterocycles. The minimum atomic E-state index is 0.103. The Balaban J connectivity index is 2.12. The first kappa shape index (κ1) is 13.5. The Hall–Kier alpha value is -1.51. The van der Waals surface area contributed by atoms with Crippen LogP contribution in [0.15, 0.2) is 42.7 Å². The molecule has 0 amide bonds. The van der Waals surface area contributed by atoms with E-state index in [1.807, 2.05) is 24.5 Å². The third-order valence-electron chi connectivity index (χ3n) is 3.56. The van der Waals surface area contributed by atoms with Crippen LogP contribution in [0.25, 0.3) is 11.0 Å². The van der Waals surface area contributed by atoms with Gasteiger partial charge in [0.1, 0.15) is 0 Å². The average Bonchev–Trinajstić information content (AvgIpc) is 2.81. The van der Waals surface area contributed by atoms with Gasteiger partial charge in [0.05, 0.1) is 23.4 Å². The first-order valence-corrected chi connectivity index (χ1v) is 7.20. The average molecular weight is 305 g/mol. The molecule has 0 spiro atoms.